The normalized spacial score (nSPS) is 18.2. The molecule has 0 unspecified atom stereocenters. The topological polar surface area (TPSA) is 12.0 Å². The van der Waals surface area contributed by atoms with Gasteiger partial charge in [0.25, 0.3) is 0 Å². The van der Waals surface area contributed by atoms with Crippen molar-refractivity contribution in [3.63, 3.8) is 0 Å². The van der Waals surface area contributed by atoms with Crippen LogP contribution in [0, 0.1) is 11.2 Å². The predicted molar refractivity (Wildman–Crippen MR) is 81.8 cm³/mol. The monoisotopic (exact) mass is 327 g/mol. The van der Waals surface area contributed by atoms with Crippen molar-refractivity contribution in [1.82, 2.24) is 5.32 Å². The fourth-order valence-electron chi connectivity index (χ4n) is 2.63. The maximum absolute atomic E-state index is 13.3. The van der Waals surface area contributed by atoms with Crippen LogP contribution in [0.1, 0.15) is 45.6 Å². The highest BCUT2D eigenvalue weighted by Gasteiger charge is 2.37. The van der Waals surface area contributed by atoms with E-state index in [1.165, 1.54) is 24.8 Å². The first-order valence-electron chi connectivity index (χ1n) is 6.99. The largest absolute Gasteiger partial charge is 0.312 e. The Hall–Kier alpha value is -0.410. The van der Waals surface area contributed by atoms with Gasteiger partial charge in [-0.25, -0.2) is 4.39 Å². The smallest absolute Gasteiger partial charge is 0.137 e. The quantitative estimate of drug-likeness (QED) is 0.845. The van der Waals surface area contributed by atoms with Crippen LogP contribution in [-0.2, 0) is 6.42 Å². The number of nitrogens with one attached hydrogen (secondary N) is 1. The molecular weight excluding hydrogens is 305 g/mol. The van der Waals surface area contributed by atoms with Crippen LogP contribution in [0.5, 0.6) is 0 Å². The van der Waals surface area contributed by atoms with Gasteiger partial charge in [0, 0.05) is 12.1 Å². The van der Waals surface area contributed by atoms with Gasteiger partial charge in [-0.15, -0.1) is 0 Å². The average molecular weight is 328 g/mol. The van der Waals surface area contributed by atoms with Crippen molar-refractivity contribution in [3.05, 3.63) is 34.1 Å². The Balaban J connectivity index is 2.03. The Labute approximate surface area is 124 Å². The molecule has 0 spiro atoms. The molecule has 1 aliphatic rings. The maximum atomic E-state index is 13.3. The molecule has 3 heteroatoms. The molecule has 106 valence electrons. The van der Waals surface area contributed by atoms with Crippen LogP contribution in [0.15, 0.2) is 22.7 Å². The minimum Gasteiger partial charge on any atom is -0.312 e. The Morgan fingerprint density at radius 3 is 2.47 bits per heavy atom. The van der Waals surface area contributed by atoms with Gasteiger partial charge in [0.15, 0.2) is 0 Å². The van der Waals surface area contributed by atoms with Gasteiger partial charge in [-0.3, -0.25) is 0 Å². The van der Waals surface area contributed by atoms with E-state index >= 15 is 0 Å². The lowest BCUT2D eigenvalue weighted by molar-refractivity contribution is 0.118. The van der Waals surface area contributed by atoms with Crippen LogP contribution < -0.4 is 5.32 Å². The molecule has 1 N–H and O–H groups in total. The summed E-state index contributed by atoms with van der Waals surface area (Å²) in [5, 5.41) is 3.63. The van der Waals surface area contributed by atoms with E-state index in [0.717, 1.165) is 13.0 Å². The molecule has 0 heterocycles. The van der Waals surface area contributed by atoms with E-state index in [-0.39, 0.29) is 11.4 Å². The SMILES string of the molecule is CC(C)(C)NCC1(Cc2ccc(F)c(Br)c2)CCC1. The predicted octanol–water partition coefficient (Wildman–Crippen LogP) is 4.69. The van der Waals surface area contributed by atoms with Crippen molar-refractivity contribution < 1.29 is 4.39 Å². The lowest BCUT2D eigenvalue weighted by Gasteiger charge is -2.44. The second-order valence-corrected chi connectivity index (χ2v) is 7.74. The molecule has 1 aliphatic carbocycles. The minimum atomic E-state index is -0.181. The molecule has 0 radical (unpaired) electrons. The summed E-state index contributed by atoms with van der Waals surface area (Å²) < 4.78 is 13.8. The van der Waals surface area contributed by atoms with E-state index in [1.54, 1.807) is 6.07 Å². The van der Waals surface area contributed by atoms with Crippen LogP contribution in [0.2, 0.25) is 0 Å². The van der Waals surface area contributed by atoms with Gasteiger partial charge in [0.05, 0.1) is 4.47 Å². The number of benzene rings is 1. The summed E-state index contributed by atoms with van der Waals surface area (Å²) in [4.78, 5) is 0. The molecule has 0 aromatic heterocycles. The van der Waals surface area contributed by atoms with Gasteiger partial charge < -0.3 is 5.32 Å². The van der Waals surface area contributed by atoms with E-state index in [4.69, 9.17) is 0 Å². The van der Waals surface area contributed by atoms with Crippen molar-refractivity contribution in [1.29, 1.82) is 0 Å². The fourth-order valence-corrected chi connectivity index (χ4v) is 3.05. The second-order valence-electron chi connectivity index (χ2n) is 6.88. The molecule has 0 atom stereocenters. The molecular formula is C16H23BrFN. The van der Waals surface area contributed by atoms with Crippen molar-refractivity contribution in [3.8, 4) is 0 Å². The number of hydrogen-bond acceptors (Lipinski definition) is 1. The van der Waals surface area contributed by atoms with E-state index in [1.807, 2.05) is 12.1 Å². The maximum Gasteiger partial charge on any atom is 0.137 e. The molecule has 0 aliphatic heterocycles. The summed E-state index contributed by atoms with van der Waals surface area (Å²) in [6.07, 6.45) is 4.89. The van der Waals surface area contributed by atoms with E-state index in [9.17, 15) is 4.39 Å². The van der Waals surface area contributed by atoms with E-state index in [2.05, 4.69) is 42.0 Å². The lowest BCUT2D eigenvalue weighted by Crippen LogP contribution is -2.47. The second kappa shape index (κ2) is 5.53. The van der Waals surface area contributed by atoms with Gasteiger partial charge >= 0.3 is 0 Å². The molecule has 1 saturated carbocycles. The number of rotatable bonds is 4. The number of halogens is 2. The summed E-state index contributed by atoms with van der Waals surface area (Å²) in [6, 6.07) is 5.40. The third-order valence-electron chi connectivity index (χ3n) is 3.97. The van der Waals surface area contributed by atoms with Crippen LogP contribution in [0.4, 0.5) is 4.39 Å². The minimum absolute atomic E-state index is 0.159. The molecule has 0 amide bonds. The van der Waals surface area contributed by atoms with Gasteiger partial charge in [0.1, 0.15) is 5.82 Å². The zero-order chi connectivity index (χ0) is 14.1. The summed E-state index contributed by atoms with van der Waals surface area (Å²) in [5.74, 6) is -0.181. The van der Waals surface area contributed by atoms with Gasteiger partial charge in [-0.05, 0) is 79.1 Å². The summed E-state index contributed by atoms with van der Waals surface area (Å²) in [7, 11) is 0. The van der Waals surface area contributed by atoms with Gasteiger partial charge in [-0.1, -0.05) is 12.5 Å². The molecule has 2 rings (SSSR count). The van der Waals surface area contributed by atoms with E-state index < -0.39 is 0 Å². The standard InChI is InChI=1S/C16H23BrFN/c1-15(2,3)19-11-16(7-4-8-16)10-12-5-6-14(18)13(17)9-12/h5-6,9,19H,4,7-8,10-11H2,1-3H3. The third-order valence-corrected chi connectivity index (χ3v) is 4.58. The zero-order valence-electron chi connectivity index (χ0n) is 12.0. The van der Waals surface area contributed by atoms with Gasteiger partial charge in [0.2, 0.25) is 0 Å². The molecule has 1 aromatic rings. The Kier molecular flexibility index (Phi) is 4.36. The molecule has 0 bridgehead atoms. The van der Waals surface area contributed by atoms with Crippen LogP contribution in [0.3, 0.4) is 0 Å². The van der Waals surface area contributed by atoms with E-state index in [0.29, 0.717) is 9.89 Å². The van der Waals surface area contributed by atoms with Crippen LogP contribution >= 0.6 is 15.9 Å². The highest BCUT2D eigenvalue weighted by Crippen LogP contribution is 2.43. The molecule has 1 nitrogen and oxygen atoms in total. The molecule has 1 fully saturated rings. The number of hydrogen-bond donors (Lipinski definition) is 1. The van der Waals surface area contributed by atoms with Crippen molar-refractivity contribution >= 4 is 15.9 Å². The first kappa shape index (κ1) is 15.0. The highest BCUT2D eigenvalue weighted by atomic mass is 79.9. The zero-order valence-corrected chi connectivity index (χ0v) is 13.6. The first-order valence-corrected chi connectivity index (χ1v) is 7.78. The first-order chi connectivity index (χ1) is 8.80. The Morgan fingerprint density at radius 1 is 1.32 bits per heavy atom. The van der Waals surface area contributed by atoms with Gasteiger partial charge in [-0.2, -0.15) is 0 Å². The van der Waals surface area contributed by atoms with Crippen LogP contribution in [-0.4, -0.2) is 12.1 Å². The summed E-state index contributed by atoms with van der Waals surface area (Å²) in [6.45, 7) is 7.65. The molecule has 19 heavy (non-hydrogen) atoms. The molecule has 1 aromatic carbocycles. The van der Waals surface area contributed by atoms with Crippen LogP contribution in [0.25, 0.3) is 0 Å². The van der Waals surface area contributed by atoms with Crippen molar-refractivity contribution in [2.24, 2.45) is 5.41 Å². The van der Waals surface area contributed by atoms with Crippen molar-refractivity contribution in [2.45, 2.75) is 52.0 Å². The summed E-state index contributed by atoms with van der Waals surface area (Å²) in [5.41, 5.74) is 1.75. The molecule has 0 saturated heterocycles. The average Bonchev–Trinajstić information content (AvgIpc) is 2.25. The summed E-state index contributed by atoms with van der Waals surface area (Å²) >= 11 is 3.27. The van der Waals surface area contributed by atoms with Crippen molar-refractivity contribution in [2.75, 3.05) is 6.54 Å². The Bertz CT molecular complexity index is 447. The Morgan fingerprint density at radius 2 is 2.00 bits per heavy atom. The fraction of sp³-hybridized carbons (Fsp3) is 0.625. The lowest BCUT2D eigenvalue weighted by atomic mass is 9.65. The highest BCUT2D eigenvalue weighted by molar-refractivity contribution is 9.10. The third kappa shape index (κ3) is 4.03.